The van der Waals surface area contributed by atoms with Crippen molar-refractivity contribution in [3.8, 4) is 5.69 Å². The van der Waals surface area contributed by atoms with Gasteiger partial charge in [0.2, 0.25) is 11.8 Å². The van der Waals surface area contributed by atoms with Crippen molar-refractivity contribution in [1.29, 1.82) is 0 Å². The molecule has 3 aromatic rings. The van der Waals surface area contributed by atoms with Crippen molar-refractivity contribution in [3.05, 3.63) is 69.2 Å². The monoisotopic (exact) mass is 490 g/mol. The largest absolute Gasteiger partial charge is 0.416 e. The fraction of sp³-hybridized carbons (Fsp3) is 0.375. The Morgan fingerprint density at radius 2 is 2.00 bits per heavy atom. The number of nitrogens with one attached hydrogen (secondary N) is 1. The van der Waals surface area contributed by atoms with Gasteiger partial charge in [0.25, 0.3) is 0 Å². The molecule has 1 saturated heterocycles. The van der Waals surface area contributed by atoms with Gasteiger partial charge in [0.05, 0.1) is 23.4 Å². The van der Waals surface area contributed by atoms with Crippen LogP contribution in [0.5, 0.6) is 0 Å². The van der Waals surface area contributed by atoms with Gasteiger partial charge in [-0.3, -0.25) is 9.59 Å². The van der Waals surface area contributed by atoms with Gasteiger partial charge in [0.15, 0.2) is 0 Å². The molecule has 34 heavy (non-hydrogen) atoms. The minimum atomic E-state index is -4.59. The quantitative estimate of drug-likeness (QED) is 0.556. The fourth-order valence-electron chi connectivity index (χ4n) is 4.31. The van der Waals surface area contributed by atoms with Gasteiger partial charge in [-0.05, 0) is 61.9 Å². The van der Waals surface area contributed by atoms with E-state index in [9.17, 15) is 22.8 Å². The van der Waals surface area contributed by atoms with E-state index in [-0.39, 0.29) is 24.4 Å². The van der Waals surface area contributed by atoms with E-state index in [1.807, 2.05) is 17.5 Å². The van der Waals surface area contributed by atoms with Crippen molar-refractivity contribution in [2.45, 2.75) is 51.9 Å². The highest BCUT2D eigenvalue weighted by molar-refractivity contribution is 7.10. The molecule has 1 atom stereocenters. The third-order valence-electron chi connectivity index (χ3n) is 5.89. The third kappa shape index (κ3) is 5.16. The molecular formula is C24H25F3N4O2S. The number of halogens is 3. The highest BCUT2D eigenvalue weighted by atomic mass is 32.1. The first-order valence-electron chi connectivity index (χ1n) is 11.0. The number of aromatic nitrogens is 2. The van der Waals surface area contributed by atoms with Gasteiger partial charge in [-0.1, -0.05) is 12.1 Å². The zero-order chi connectivity index (χ0) is 24.5. The number of amides is 2. The van der Waals surface area contributed by atoms with E-state index in [0.717, 1.165) is 16.6 Å². The Bertz CT molecular complexity index is 1190. The molecule has 0 bridgehead atoms. The van der Waals surface area contributed by atoms with Gasteiger partial charge in [0.1, 0.15) is 6.04 Å². The molecule has 1 aromatic carbocycles. The van der Waals surface area contributed by atoms with Crippen LogP contribution in [0.15, 0.2) is 41.8 Å². The number of hydrogen-bond donors (Lipinski definition) is 1. The molecular weight excluding hydrogens is 465 g/mol. The van der Waals surface area contributed by atoms with Gasteiger partial charge >= 0.3 is 6.18 Å². The molecule has 10 heteroatoms. The van der Waals surface area contributed by atoms with E-state index in [2.05, 4.69) is 10.4 Å². The molecule has 0 aliphatic carbocycles. The van der Waals surface area contributed by atoms with Gasteiger partial charge in [-0.25, -0.2) is 4.68 Å². The lowest BCUT2D eigenvalue weighted by Gasteiger charge is -2.24. The van der Waals surface area contributed by atoms with Crippen LogP contribution in [-0.4, -0.2) is 39.1 Å². The molecule has 1 fully saturated rings. The summed E-state index contributed by atoms with van der Waals surface area (Å²) in [5.74, 6) is -0.585. The minimum absolute atomic E-state index is 0.0411. The van der Waals surface area contributed by atoms with Crippen LogP contribution in [0.4, 0.5) is 13.2 Å². The Kier molecular flexibility index (Phi) is 6.79. The van der Waals surface area contributed by atoms with Crippen molar-refractivity contribution in [2.75, 3.05) is 6.54 Å². The molecule has 3 heterocycles. The van der Waals surface area contributed by atoms with Crippen LogP contribution in [-0.2, 0) is 28.7 Å². The van der Waals surface area contributed by atoms with Crippen molar-refractivity contribution < 1.29 is 22.8 Å². The second kappa shape index (κ2) is 9.61. The highest BCUT2D eigenvalue weighted by Gasteiger charge is 2.36. The molecule has 1 aliphatic heterocycles. The van der Waals surface area contributed by atoms with Gasteiger partial charge in [0, 0.05) is 23.7 Å². The predicted molar refractivity (Wildman–Crippen MR) is 123 cm³/mol. The Morgan fingerprint density at radius 3 is 2.65 bits per heavy atom. The van der Waals surface area contributed by atoms with Crippen LogP contribution in [0.3, 0.4) is 0 Å². The summed E-state index contributed by atoms with van der Waals surface area (Å²) in [5, 5.41) is 8.76. The molecule has 2 amide bonds. The summed E-state index contributed by atoms with van der Waals surface area (Å²) in [6.45, 7) is 3.73. The summed E-state index contributed by atoms with van der Waals surface area (Å²) < 4.78 is 42.9. The number of benzene rings is 1. The van der Waals surface area contributed by atoms with Crippen molar-refractivity contribution in [1.82, 2.24) is 20.0 Å². The SMILES string of the molecule is Cc1cc(C)n(-c2ccc(CNC(=O)C3CCCN3C(=O)Cc3cccs3)c(C(F)(F)F)c2)n1. The van der Waals surface area contributed by atoms with E-state index in [4.69, 9.17) is 0 Å². The molecule has 180 valence electrons. The van der Waals surface area contributed by atoms with Crippen LogP contribution < -0.4 is 5.32 Å². The molecule has 1 unspecified atom stereocenters. The maximum atomic E-state index is 13.8. The van der Waals surface area contributed by atoms with Crippen LogP contribution in [0.1, 0.15) is 40.2 Å². The molecule has 6 nitrogen and oxygen atoms in total. The Balaban J connectivity index is 1.48. The van der Waals surface area contributed by atoms with E-state index < -0.39 is 23.7 Å². The van der Waals surface area contributed by atoms with Gasteiger partial charge in [-0.2, -0.15) is 18.3 Å². The molecule has 2 aromatic heterocycles. The minimum Gasteiger partial charge on any atom is -0.350 e. The zero-order valence-corrected chi connectivity index (χ0v) is 19.7. The maximum Gasteiger partial charge on any atom is 0.416 e. The molecule has 1 N–H and O–H groups in total. The normalized spacial score (nSPS) is 16.1. The fourth-order valence-corrected chi connectivity index (χ4v) is 5.00. The zero-order valence-electron chi connectivity index (χ0n) is 18.9. The molecule has 0 saturated carbocycles. The van der Waals surface area contributed by atoms with Crippen LogP contribution in [0.25, 0.3) is 5.69 Å². The van der Waals surface area contributed by atoms with Gasteiger partial charge in [-0.15, -0.1) is 11.3 Å². The summed E-state index contributed by atoms with van der Waals surface area (Å²) in [4.78, 5) is 28.0. The second-order valence-electron chi connectivity index (χ2n) is 8.40. The van der Waals surface area contributed by atoms with Crippen LogP contribution in [0, 0.1) is 13.8 Å². The summed E-state index contributed by atoms with van der Waals surface area (Å²) in [7, 11) is 0. The number of rotatable bonds is 6. The Morgan fingerprint density at radius 1 is 1.21 bits per heavy atom. The molecule has 0 radical (unpaired) electrons. The molecule has 4 rings (SSSR count). The average Bonchev–Trinajstić information content (AvgIpc) is 3.52. The first-order valence-corrected chi connectivity index (χ1v) is 11.8. The van der Waals surface area contributed by atoms with E-state index in [1.165, 1.54) is 27.0 Å². The standard InChI is InChI=1S/C24H25F3N4O2S/c1-15-11-16(2)31(29-15)18-8-7-17(20(12-18)24(25,26)27)14-28-23(33)21-6-3-9-30(21)22(32)13-19-5-4-10-34-19/h4-5,7-8,10-12,21H,3,6,9,13-14H2,1-2H3,(H,28,33). The lowest BCUT2D eigenvalue weighted by Crippen LogP contribution is -2.46. The van der Waals surface area contributed by atoms with Crippen molar-refractivity contribution in [2.24, 2.45) is 0 Å². The average molecular weight is 491 g/mol. The highest BCUT2D eigenvalue weighted by Crippen LogP contribution is 2.34. The Labute approximate surface area is 199 Å². The molecule has 0 spiro atoms. The smallest absolute Gasteiger partial charge is 0.350 e. The first kappa shape index (κ1) is 24.0. The number of likely N-dealkylation sites (tertiary alicyclic amines) is 1. The van der Waals surface area contributed by atoms with Crippen molar-refractivity contribution >= 4 is 23.2 Å². The predicted octanol–water partition coefficient (Wildman–Crippen LogP) is 4.42. The first-order chi connectivity index (χ1) is 16.1. The topological polar surface area (TPSA) is 67.2 Å². The number of hydrogen-bond acceptors (Lipinski definition) is 4. The number of aryl methyl sites for hydroxylation is 2. The van der Waals surface area contributed by atoms with Gasteiger partial charge < -0.3 is 10.2 Å². The van der Waals surface area contributed by atoms with E-state index in [0.29, 0.717) is 30.8 Å². The van der Waals surface area contributed by atoms with Crippen LogP contribution in [0.2, 0.25) is 0 Å². The lowest BCUT2D eigenvalue weighted by molar-refractivity contribution is -0.139. The maximum absolute atomic E-state index is 13.8. The third-order valence-corrected chi connectivity index (χ3v) is 6.76. The van der Waals surface area contributed by atoms with E-state index in [1.54, 1.807) is 26.0 Å². The van der Waals surface area contributed by atoms with Crippen molar-refractivity contribution in [3.63, 3.8) is 0 Å². The Hall–Kier alpha value is -3.14. The summed E-state index contributed by atoms with van der Waals surface area (Å²) in [6.07, 6.45) is -3.21. The number of carbonyl (C=O) groups excluding carboxylic acids is 2. The summed E-state index contributed by atoms with van der Waals surface area (Å²) >= 11 is 1.47. The number of alkyl halides is 3. The summed E-state index contributed by atoms with van der Waals surface area (Å²) in [5.41, 5.74) is 0.863. The number of carbonyl (C=O) groups is 2. The number of thiophene rings is 1. The summed E-state index contributed by atoms with van der Waals surface area (Å²) in [6, 6.07) is 8.81. The molecule has 1 aliphatic rings. The number of nitrogens with zero attached hydrogens (tertiary/aromatic N) is 3. The lowest BCUT2D eigenvalue weighted by atomic mass is 10.1. The van der Waals surface area contributed by atoms with E-state index >= 15 is 0 Å². The van der Waals surface area contributed by atoms with Crippen LogP contribution >= 0.6 is 11.3 Å². The second-order valence-corrected chi connectivity index (χ2v) is 9.43.